The maximum Gasteiger partial charge on any atom is 0.246 e. The van der Waals surface area contributed by atoms with Crippen molar-refractivity contribution in [3.05, 3.63) is 41.2 Å². The van der Waals surface area contributed by atoms with Gasteiger partial charge in [-0.05, 0) is 82.6 Å². The summed E-state index contributed by atoms with van der Waals surface area (Å²) in [7, 11) is -3.46. The van der Waals surface area contributed by atoms with Crippen LogP contribution in [0.25, 0.3) is 5.69 Å². The van der Waals surface area contributed by atoms with Gasteiger partial charge in [0.1, 0.15) is 11.6 Å². The smallest absolute Gasteiger partial charge is 0.246 e. The molecule has 1 saturated carbocycles. The average Bonchev–Trinajstić information content (AvgIpc) is 3.71. The second-order valence-electron chi connectivity index (χ2n) is 14.1. The molecule has 2 amide bonds. The van der Waals surface area contributed by atoms with Crippen LogP contribution >= 0.6 is 0 Å². The summed E-state index contributed by atoms with van der Waals surface area (Å²) < 4.78 is 29.5. The monoisotopic (exact) mass is 652 g/mol. The van der Waals surface area contributed by atoms with Crippen LogP contribution in [0.4, 0.5) is 0 Å². The van der Waals surface area contributed by atoms with Gasteiger partial charge in [0.2, 0.25) is 21.8 Å². The molecule has 4 aliphatic rings. The van der Waals surface area contributed by atoms with Crippen LogP contribution in [-0.2, 0) is 26.2 Å². The van der Waals surface area contributed by atoms with Crippen LogP contribution in [0.5, 0.6) is 0 Å². The maximum atomic E-state index is 13.9. The summed E-state index contributed by atoms with van der Waals surface area (Å²) >= 11 is 0. The Morgan fingerprint density at radius 3 is 2.26 bits per heavy atom. The topological polar surface area (TPSA) is 108 Å². The fourth-order valence-corrected chi connectivity index (χ4v) is 9.74. The number of sulfonamides is 1. The van der Waals surface area contributed by atoms with Crippen molar-refractivity contribution in [1.29, 1.82) is 0 Å². The van der Waals surface area contributed by atoms with Gasteiger partial charge < -0.3 is 10.2 Å². The Morgan fingerprint density at radius 2 is 1.61 bits per heavy atom. The van der Waals surface area contributed by atoms with Gasteiger partial charge in [-0.1, -0.05) is 45.4 Å². The number of unbranched alkanes of at least 4 members (excludes halogenated alkanes) is 1. The van der Waals surface area contributed by atoms with Gasteiger partial charge in [0.25, 0.3) is 0 Å². The Labute approximate surface area is 274 Å². The second kappa shape index (κ2) is 13.8. The van der Waals surface area contributed by atoms with Crippen LogP contribution in [0.15, 0.2) is 29.2 Å². The van der Waals surface area contributed by atoms with E-state index in [0.717, 1.165) is 80.7 Å². The van der Waals surface area contributed by atoms with E-state index in [9.17, 15) is 18.0 Å². The first kappa shape index (κ1) is 33.2. The molecule has 1 unspecified atom stereocenters. The first-order valence-electron chi connectivity index (χ1n) is 17.6. The quantitative estimate of drug-likeness (QED) is 0.399. The van der Waals surface area contributed by atoms with Crippen LogP contribution in [0.3, 0.4) is 0 Å². The van der Waals surface area contributed by atoms with Crippen LogP contribution in [-0.4, -0.2) is 88.4 Å². The van der Waals surface area contributed by atoms with Crippen molar-refractivity contribution in [2.75, 3.05) is 32.7 Å². The summed E-state index contributed by atoms with van der Waals surface area (Å²) in [6.07, 6.45) is 11.8. The Morgan fingerprint density at radius 1 is 0.935 bits per heavy atom. The second-order valence-corrected chi connectivity index (χ2v) is 16.0. The van der Waals surface area contributed by atoms with Gasteiger partial charge in [-0.15, -0.1) is 0 Å². The number of nitrogens with zero attached hydrogens (tertiary/aromatic N) is 5. The molecule has 46 heavy (non-hydrogen) atoms. The summed E-state index contributed by atoms with van der Waals surface area (Å²) in [5.41, 5.74) is 3.17. The lowest BCUT2D eigenvalue weighted by Gasteiger charge is -2.52. The molecule has 3 aliphatic heterocycles. The van der Waals surface area contributed by atoms with E-state index in [4.69, 9.17) is 5.10 Å². The SMILES string of the molecule is CCCCN1C(=O)C(CC2CCCCC2)NC(=O)C12CCN(Cc1c(C)nn(-c3ccc(S(=O)(=O)N4CCCC4)cc3)c1C)CC2. The summed E-state index contributed by atoms with van der Waals surface area (Å²) in [5.74, 6) is 0.693. The lowest BCUT2D eigenvalue weighted by atomic mass is 9.79. The van der Waals surface area contributed by atoms with E-state index in [0.29, 0.717) is 49.8 Å². The summed E-state index contributed by atoms with van der Waals surface area (Å²) in [5, 5.41) is 8.05. The third-order valence-electron chi connectivity index (χ3n) is 11.1. The summed E-state index contributed by atoms with van der Waals surface area (Å²) in [4.78, 5) is 32.4. The van der Waals surface area contributed by atoms with E-state index in [1.165, 1.54) is 19.3 Å². The molecular weight excluding hydrogens is 600 g/mol. The zero-order chi connectivity index (χ0) is 32.5. The first-order valence-corrected chi connectivity index (χ1v) is 19.1. The highest BCUT2D eigenvalue weighted by atomic mass is 32.2. The van der Waals surface area contributed by atoms with Gasteiger partial charge in [0, 0.05) is 50.5 Å². The number of aryl methyl sites for hydroxylation is 1. The average molecular weight is 653 g/mol. The van der Waals surface area contributed by atoms with Gasteiger partial charge in [0.05, 0.1) is 16.3 Å². The van der Waals surface area contributed by atoms with Crippen LogP contribution in [0.2, 0.25) is 0 Å². The number of hydrogen-bond acceptors (Lipinski definition) is 6. The number of rotatable bonds is 10. The normalized spacial score (nSPS) is 23.4. The van der Waals surface area contributed by atoms with Crippen LogP contribution in [0.1, 0.15) is 101 Å². The summed E-state index contributed by atoms with van der Waals surface area (Å²) in [6.45, 7) is 10.2. The fraction of sp³-hybridized carbons (Fsp3) is 0.686. The highest BCUT2D eigenvalue weighted by Crippen LogP contribution is 2.37. The number of aromatic nitrogens is 2. The van der Waals surface area contributed by atoms with Gasteiger partial charge in [0.15, 0.2) is 0 Å². The zero-order valence-corrected chi connectivity index (χ0v) is 28.8. The third kappa shape index (κ3) is 6.39. The molecule has 252 valence electrons. The van der Waals surface area contributed by atoms with Gasteiger partial charge >= 0.3 is 0 Å². The number of piperidine rings is 1. The molecule has 10 nitrogen and oxygen atoms in total. The predicted octanol–water partition coefficient (Wildman–Crippen LogP) is 4.71. The number of hydrogen-bond donors (Lipinski definition) is 1. The Kier molecular flexibility index (Phi) is 9.92. The highest BCUT2D eigenvalue weighted by Gasteiger charge is 2.53. The largest absolute Gasteiger partial charge is 0.342 e. The van der Waals surface area contributed by atoms with E-state index in [1.54, 1.807) is 16.4 Å². The Balaban J connectivity index is 1.13. The number of amides is 2. The molecule has 0 bridgehead atoms. The minimum atomic E-state index is -3.46. The molecule has 4 fully saturated rings. The predicted molar refractivity (Wildman–Crippen MR) is 178 cm³/mol. The van der Waals surface area contributed by atoms with E-state index < -0.39 is 15.6 Å². The minimum absolute atomic E-state index is 0.0408. The zero-order valence-electron chi connectivity index (χ0n) is 28.0. The molecule has 3 saturated heterocycles. The minimum Gasteiger partial charge on any atom is -0.342 e. The molecule has 6 rings (SSSR count). The number of carbonyl (C=O) groups excluding carboxylic acids is 2. The lowest BCUT2D eigenvalue weighted by Crippen LogP contribution is -2.73. The van der Waals surface area contributed by atoms with Crippen molar-refractivity contribution >= 4 is 21.8 Å². The van der Waals surface area contributed by atoms with E-state index >= 15 is 0 Å². The van der Waals surface area contributed by atoms with Crippen molar-refractivity contribution in [1.82, 2.24) is 29.2 Å². The first-order chi connectivity index (χ1) is 22.1. The maximum absolute atomic E-state index is 13.9. The molecule has 1 N–H and O–H groups in total. The molecular formula is C35H52N6O4S. The standard InChI is InChI=1S/C35H52N6O4S/c1-4-5-21-40-33(42)32(24-28-11-7-6-8-12-28)36-34(43)35(40)17-22-38(23-18-35)25-31-26(2)37-41(27(31)3)29-13-15-30(16-14-29)46(44,45)39-19-9-10-20-39/h13-16,28,32H,4-12,17-25H2,1-3H3,(H,36,43). The highest BCUT2D eigenvalue weighted by molar-refractivity contribution is 7.89. The lowest BCUT2D eigenvalue weighted by molar-refractivity contribution is -0.162. The molecule has 11 heteroatoms. The van der Waals surface area contributed by atoms with Crippen molar-refractivity contribution in [2.24, 2.45) is 5.92 Å². The molecule has 2 aromatic rings. The van der Waals surface area contributed by atoms with Crippen molar-refractivity contribution < 1.29 is 18.0 Å². The van der Waals surface area contributed by atoms with Gasteiger partial charge in [-0.2, -0.15) is 9.40 Å². The van der Waals surface area contributed by atoms with E-state index in [2.05, 4.69) is 24.1 Å². The molecule has 1 aromatic carbocycles. The molecule has 4 heterocycles. The third-order valence-corrected chi connectivity index (χ3v) is 13.0. The number of piperazine rings is 1. The molecule has 0 radical (unpaired) electrons. The molecule has 1 atom stereocenters. The Hall–Kier alpha value is -2.76. The van der Waals surface area contributed by atoms with Crippen molar-refractivity contribution in [3.63, 3.8) is 0 Å². The number of benzene rings is 1. The number of carbonyl (C=O) groups is 2. The van der Waals surface area contributed by atoms with E-state index in [1.807, 2.05) is 28.6 Å². The van der Waals surface area contributed by atoms with Gasteiger partial charge in [-0.3, -0.25) is 14.5 Å². The van der Waals surface area contributed by atoms with Crippen molar-refractivity contribution in [2.45, 2.75) is 121 Å². The van der Waals surface area contributed by atoms with Crippen LogP contribution < -0.4 is 5.32 Å². The molecule has 1 aromatic heterocycles. The Bertz CT molecular complexity index is 1500. The molecule has 1 spiro atoms. The van der Waals surface area contributed by atoms with E-state index in [-0.39, 0.29) is 17.9 Å². The molecule has 1 aliphatic carbocycles. The van der Waals surface area contributed by atoms with Crippen molar-refractivity contribution in [3.8, 4) is 5.69 Å². The summed E-state index contributed by atoms with van der Waals surface area (Å²) in [6, 6.07) is 6.65. The fourth-order valence-electron chi connectivity index (χ4n) is 8.23. The van der Waals surface area contributed by atoms with Crippen LogP contribution in [0, 0.1) is 19.8 Å². The number of nitrogens with one attached hydrogen (secondary N) is 1. The number of likely N-dealkylation sites (tertiary alicyclic amines) is 1. The van der Waals surface area contributed by atoms with Gasteiger partial charge in [-0.25, -0.2) is 13.1 Å².